The maximum Gasteiger partial charge on any atom is 0.242 e. The van der Waals surface area contributed by atoms with Gasteiger partial charge in [0, 0.05) is 19.0 Å². The molecule has 1 aliphatic rings. The fraction of sp³-hybridized carbons (Fsp3) is 0.500. The minimum atomic E-state index is -3.47. The highest BCUT2D eigenvalue weighted by Gasteiger charge is 2.29. The van der Waals surface area contributed by atoms with Crippen LogP contribution in [0.4, 0.5) is 5.69 Å². The van der Waals surface area contributed by atoms with E-state index in [-0.39, 0.29) is 16.8 Å². The number of rotatable bonds is 9. The highest BCUT2D eigenvalue weighted by atomic mass is 32.2. The lowest BCUT2D eigenvalue weighted by molar-refractivity contribution is -0.118. The van der Waals surface area contributed by atoms with Crippen molar-refractivity contribution < 1.29 is 13.2 Å². The van der Waals surface area contributed by atoms with Gasteiger partial charge in [-0.25, -0.2) is 13.1 Å². The summed E-state index contributed by atoms with van der Waals surface area (Å²) in [5.74, 6) is -0.313. The molecule has 1 saturated carbocycles. The molecule has 116 valence electrons. The Balaban J connectivity index is 1.94. The van der Waals surface area contributed by atoms with Crippen LogP contribution in [-0.2, 0) is 14.8 Å². The molecule has 0 saturated heterocycles. The standard InChI is InChI=1S/C14H21N3O3S/c15-14(18)7-3-4-10-16-12-5-1-2-6-13(12)21(19,20)17-11-8-9-11/h1-2,5-6,11,16-17H,3-4,7-10H2,(H2,15,18). The van der Waals surface area contributed by atoms with E-state index in [1.165, 1.54) is 0 Å². The van der Waals surface area contributed by atoms with E-state index < -0.39 is 10.0 Å². The number of para-hydroxylation sites is 1. The number of anilines is 1. The van der Waals surface area contributed by atoms with Gasteiger partial charge in [0.15, 0.2) is 0 Å². The second kappa shape index (κ2) is 6.91. The molecule has 6 nitrogen and oxygen atoms in total. The summed E-state index contributed by atoms with van der Waals surface area (Å²) in [7, 11) is -3.47. The van der Waals surface area contributed by atoms with Crippen molar-refractivity contribution in [1.29, 1.82) is 0 Å². The molecular formula is C14H21N3O3S. The Labute approximate surface area is 125 Å². The zero-order chi connectivity index (χ0) is 15.3. The first-order valence-corrected chi connectivity index (χ1v) is 8.61. The predicted octanol–water partition coefficient (Wildman–Crippen LogP) is 1.19. The minimum Gasteiger partial charge on any atom is -0.384 e. The van der Waals surface area contributed by atoms with Crippen LogP contribution in [-0.4, -0.2) is 26.9 Å². The molecule has 0 unspecified atom stereocenters. The molecule has 0 spiro atoms. The largest absolute Gasteiger partial charge is 0.384 e. The van der Waals surface area contributed by atoms with E-state index in [1.807, 2.05) is 0 Å². The average Bonchev–Trinajstić information content (AvgIpc) is 3.21. The van der Waals surface area contributed by atoms with Crippen LogP contribution in [0.15, 0.2) is 29.2 Å². The zero-order valence-electron chi connectivity index (χ0n) is 11.8. The first kappa shape index (κ1) is 15.8. The molecule has 0 aromatic heterocycles. The van der Waals surface area contributed by atoms with Gasteiger partial charge in [0.25, 0.3) is 0 Å². The van der Waals surface area contributed by atoms with Gasteiger partial charge < -0.3 is 11.1 Å². The number of unbranched alkanes of at least 4 members (excludes halogenated alkanes) is 1. The minimum absolute atomic E-state index is 0.0821. The molecule has 0 radical (unpaired) electrons. The maximum absolute atomic E-state index is 12.3. The molecule has 0 bridgehead atoms. The third-order valence-electron chi connectivity index (χ3n) is 3.24. The molecule has 4 N–H and O–H groups in total. The average molecular weight is 311 g/mol. The summed E-state index contributed by atoms with van der Waals surface area (Å²) in [6, 6.07) is 6.92. The Morgan fingerprint density at radius 3 is 2.62 bits per heavy atom. The van der Waals surface area contributed by atoms with Crippen LogP contribution in [0.5, 0.6) is 0 Å². The van der Waals surface area contributed by atoms with Crippen LogP contribution in [0.3, 0.4) is 0 Å². The van der Waals surface area contributed by atoms with Gasteiger partial charge >= 0.3 is 0 Å². The van der Waals surface area contributed by atoms with E-state index in [0.717, 1.165) is 19.3 Å². The topological polar surface area (TPSA) is 101 Å². The Hall–Kier alpha value is -1.60. The van der Waals surface area contributed by atoms with Crippen molar-refractivity contribution in [1.82, 2.24) is 4.72 Å². The summed E-state index contributed by atoms with van der Waals surface area (Å²) in [5, 5.41) is 3.12. The molecule has 21 heavy (non-hydrogen) atoms. The number of nitrogens with one attached hydrogen (secondary N) is 2. The Morgan fingerprint density at radius 2 is 1.95 bits per heavy atom. The number of carbonyl (C=O) groups excluding carboxylic acids is 1. The first-order chi connectivity index (χ1) is 9.99. The van der Waals surface area contributed by atoms with E-state index in [2.05, 4.69) is 10.0 Å². The van der Waals surface area contributed by atoms with Gasteiger partial charge in [-0.2, -0.15) is 0 Å². The number of amides is 1. The number of carbonyl (C=O) groups is 1. The molecule has 0 aliphatic heterocycles. The lowest BCUT2D eigenvalue weighted by atomic mass is 10.2. The smallest absolute Gasteiger partial charge is 0.242 e. The molecule has 1 aromatic carbocycles. The SMILES string of the molecule is NC(=O)CCCCNc1ccccc1S(=O)(=O)NC1CC1. The van der Waals surface area contributed by atoms with Crippen LogP contribution in [0.25, 0.3) is 0 Å². The van der Waals surface area contributed by atoms with Crippen molar-refractivity contribution in [3.63, 3.8) is 0 Å². The van der Waals surface area contributed by atoms with Gasteiger partial charge in [0.05, 0.1) is 5.69 Å². The molecule has 1 aliphatic carbocycles. The van der Waals surface area contributed by atoms with Gasteiger partial charge in [-0.15, -0.1) is 0 Å². The molecule has 0 atom stereocenters. The first-order valence-electron chi connectivity index (χ1n) is 7.12. The van der Waals surface area contributed by atoms with Gasteiger partial charge in [0.2, 0.25) is 15.9 Å². The summed E-state index contributed by atoms with van der Waals surface area (Å²) < 4.78 is 27.2. The van der Waals surface area contributed by atoms with Crippen molar-refractivity contribution in [2.75, 3.05) is 11.9 Å². The van der Waals surface area contributed by atoms with Gasteiger partial charge in [-0.3, -0.25) is 4.79 Å². The van der Waals surface area contributed by atoms with E-state index in [0.29, 0.717) is 25.1 Å². The van der Waals surface area contributed by atoms with E-state index in [4.69, 9.17) is 5.73 Å². The fourth-order valence-electron chi connectivity index (χ4n) is 1.98. The number of nitrogens with two attached hydrogens (primary N) is 1. The number of sulfonamides is 1. The van der Waals surface area contributed by atoms with Crippen molar-refractivity contribution in [2.45, 2.75) is 43.0 Å². The van der Waals surface area contributed by atoms with Gasteiger partial charge in [-0.1, -0.05) is 12.1 Å². The summed E-state index contributed by atoms with van der Waals surface area (Å²) >= 11 is 0. The molecule has 7 heteroatoms. The Bertz CT molecular complexity index is 597. The van der Waals surface area contributed by atoms with Crippen LogP contribution in [0.2, 0.25) is 0 Å². The molecule has 1 amide bonds. The summed E-state index contributed by atoms with van der Waals surface area (Å²) in [4.78, 5) is 10.9. The third-order valence-corrected chi connectivity index (χ3v) is 4.82. The van der Waals surface area contributed by atoms with E-state index in [9.17, 15) is 13.2 Å². The Kier molecular flexibility index (Phi) is 5.19. The highest BCUT2D eigenvalue weighted by molar-refractivity contribution is 7.89. The van der Waals surface area contributed by atoms with E-state index >= 15 is 0 Å². The normalized spacial score (nSPS) is 14.9. The predicted molar refractivity (Wildman–Crippen MR) is 81.3 cm³/mol. The van der Waals surface area contributed by atoms with Gasteiger partial charge in [0.1, 0.15) is 4.90 Å². The zero-order valence-corrected chi connectivity index (χ0v) is 12.7. The van der Waals surface area contributed by atoms with Crippen LogP contribution < -0.4 is 15.8 Å². The van der Waals surface area contributed by atoms with E-state index in [1.54, 1.807) is 24.3 Å². The van der Waals surface area contributed by atoms with Crippen molar-refractivity contribution in [2.24, 2.45) is 5.73 Å². The third kappa shape index (κ3) is 5.02. The number of hydrogen-bond acceptors (Lipinski definition) is 4. The number of hydrogen-bond donors (Lipinski definition) is 3. The molecule has 0 heterocycles. The van der Waals surface area contributed by atoms with Crippen LogP contribution >= 0.6 is 0 Å². The summed E-state index contributed by atoms with van der Waals surface area (Å²) in [5.41, 5.74) is 5.66. The number of benzene rings is 1. The van der Waals surface area contributed by atoms with Crippen molar-refractivity contribution in [3.8, 4) is 0 Å². The van der Waals surface area contributed by atoms with Crippen molar-refractivity contribution in [3.05, 3.63) is 24.3 Å². The second-order valence-corrected chi connectivity index (χ2v) is 6.92. The lowest BCUT2D eigenvalue weighted by Gasteiger charge is -2.12. The fourth-order valence-corrected chi connectivity index (χ4v) is 3.47. The number of primary amides is 1. The lowest BCUT2D eigenvalue weighted by Crippen LogP contribution is -2.26. The van der Waals surface area contributed by atoms with Crippen LogP contribution in [0, 0.1) is 0 Å². The monoisotopic (exact) mass is 311 g/mol. The summed E-state index contributed by atoms with van der Waals surface area (Å²) in [6.07, 6.45) is 3.61. The van der Waals surface area contributed by atoms with Crippen molar-refractivity contribution >= 4 is 21.6 Å². The molecule has 2 rings (SSSR count). The second-order valence-electron chi connectivity index (χ2n) is 5.24. The quantitative estimate of drug-likeness (QED) is 0.596. The highest BCUT2D eigenvalue weighted by Crippen LogP contribution is 2.25. The molecular weight excluding hydrogens is 290 g/mol. The van der Waals surface area contributed by atoms with Crippen LogP contribution in [0.1, 0.15) is 32.1 Å². The molecule has 1 fully saturated rings. The molecule has 1 aromatic rings. The Morgan fingerprint density at radius 1 is 1.24 bits per heavy atom. The maximum atomic E-state index is 12.3. The van der Waals surface area contributed by atoms with Gasteiger partial charge in [-0.05, 0) is 37.8 Å². The summed E-state index contributed by atoms with van der Waals surface area (Å²) in [6.45, 7) is 0.600.